The smallest absolute Gasteiger partial charge is 0.223 e. The van der Waals surface area contributed by atoms with Crippen LogP contribution in [0.2, 0.25) is 0 Å². The number of morpholine rings is 1. The van der Waals surface area contributed by atoms with E-state index in [1.54, 1.807) is 0 Å². The summed E-state index contributed by atoms with van der Waals surface area (Å²) < 4.78 is 5.67. The summed E-state index contributed by atoms with van der Waals surface area (Å²) in [5.41, 5.74) is 0. The predicted octanol–water partition coefficient (Wildman–Crippen LogP) is 1.01. The summed E-state index contributed by atoms with van der Waals surface area (Å²) in [5.74, 6) is 0.0941. The standard InChI is InChI=1S/C17H31N3O3/c1-19-12-13-23-15(14-19)8-9-18-16(21)6-7-17(22)20-10-4-2-3-5-11-20/h15H,2-14H2,1H3,(H,18,21)/t15-/m0/s1. The zero-order valence-electron chi connectivity index (χ0n) is 14.4. The summed E-state index contributed by atoms with van der Waals surface area (Å²) in [6.45, 7) is 4.99. The van der Waals surface area contributed by atoms with Gasteiger partial charge >= 0.3 is 0 Å². The van der Waals surface area contributed by atoms with Gasteiger partial charge in [-0.3, -0.25) is 9.59 Å². The number of amides is 2. The van der Waals surface area contributed by atoms with Gasteiger partial charge in [0.15, 0.2) is 0 Å². The van der Waals surface area contributed by atoms with Gasteiger partial charge in [-0.25, -0.2) is 0 Å². The number of ether oxygens (including phenoxy) is 1. The fourth-order valence-corrected chi connectivity index (χ4v) is 3.20. The van der Waals surface area contributed by atoms with E-state index in [0.717, 1.165) is 52.0 Å². The van der Waals surface area contributed by atoms with Crippen LogP contribution in [0.25, 0.3) is 0 Å². The third-order valence-electron chi connectivity index (χ3n) is 4.66. The molecular formula is C17H31N3O3. The van der Waals surface area contributed by atoms with Gasteiger partial charge in [-0.15, -0.1) is 0 Å². The van der Waals surface area contributed by atoms with Gasteiger partial charge in [0.05, 0.1) is 12.7 Å². The number of carbonyl (C=O) groups excluding carboxylic acids is 2. The topological polar surface area (TPSA) is 61.9 Å². The van der Waals surface area contributed by atoms with E-state index in [0.29, 0.717) is 19.4 Å². The number of nitrogens with one attached hydrogen (secondary N) is 1. The average molecular weight is 325 g/mol. The summed E-state index contributed by atoms with van der Waals surface area (Å²) in [6.07, 6.45) is 6.26. The second-order valence-electron chi connectivity index (χ2n) is 6.69. The van der Waals surface area contributed by atoms with E-state index in [1.165, 1.54) is 12.8 Å². The normalized spacial score (nSPS) is 23.3. The molecule has 0 aromatic rings. The quantitative estimate of drug-likeness (QED) is 0.792. The number of nitrogens with zero attached hydrogens (tertiary/aromatic N) is 2. The molecule has 0 radical (unpaired) electrons. The molecule has 0 spiro atoms. The molecule has 0 aromatic carbocycles. The average Bonchev–Trinajstić information content (AvgIpc) is 2.82. The van der Waals surface area contributed by atoms with Crippen LogP contribution in [0, 0.1) is 0 Å². The van der Waals surface area contributed by atoms with Crippen molar-refractivity contribution in [3.8, 4) is 0 Å². The van der Waals surface area contributed by atoms with Gasteiger partial charge in [-0.05, 0) is 26.3 Å². The Morgan fingerprint density at radius 1 is 1.09 bits per heavy atom. The number of hydrogen-bond acceptors (Lipinski definition) is 4. The molecular weight excluding hydrogens is 294 g/mol. The summed E-state index contributed by atoms with van der Waals surface area (Å²) in [6, 6.07) is 0. The number of rotatable bonds is 6. The minimum absolute atomic E-state index is 0.0302. The van der Waals surface area contributed by atoms with Crippen LogP contribution in [0.1, 0.15) is 44.9 Å². The van der Waals surface area contributed by atoms with E-state index < -0.39 is 0 Å². The van der Waals surface area contributed by atoms with Crippen LogP contribution < -0.4 is 5.32 Å². The minimum atomic E-state index is -0.0302. The highest BCUT2D eigenvalue weighted by Gasteiger charge is 2.18. The predicted molar refractivity (Wildman–Crippen MR) is 89.1 cm³/mol. The first kappa shape index (κ1) is 18.2. The Bertz CT molecular complexity index is 381. The fourth-order valence-electron chi connectivity index (χ4n) is 3.20. The molecule has 0 saturated carbocycles. The van der Waals surface area contributed by atoms with Crippen LogP contribution in [-0.2, 0) is 14.3 Å². The maximum atomic E-state index is 12.1. The molecule has 6 heteroatoms. The Balaban J connectivity index is 1.56. The van der Waals surface area contributed by atoms with Gasteiger partial charge in [-0.1, -0.05) is 12.8 Å². The van der Waals surface area contributed by atoms with Crippen LogP contribution in [-0.4, -0.2) is 74.1 Å². The maximum Gasteiger partial charge on any atom is 0.223 e. The second-order valence-corrected chi connectivity index (χ2v) is 6.69. The molecule has 0 aromatic heterocycles. The molecule has 2 heterocycles. The first-order valence-corrected chi connectivity index (χ1v) is 9.00. The van der Waals surface area contributed by atoms with E-state index in [9.17, 15) is 9.59 Å². The van der Waals surface area contributed by atoms with E-state index in [-0.39, 0.29) is 17.9 Å². The SMILES string of the molecule is CN1CCO[C@@H](CCNC(=O)CCC(=O)N2CCCCCC2)C1. The highest BCUT2D eigenvalue weighted by atomic mass is 16.5. The van der Waals surface area contributed by atoms with Crippen molar-refractivity contribution in [2.45, 2.75) is 51.0 Å². The van der Waals surface area contributed by atoms with Crippen molar-refractivity contribution in [2.24, 2.45) is 0 Å². The molecule has 1 N–H and O–H groups in total. The van der Waals surface area contributed by atoms with Crippen LogP contribution in [0.3, 0.4) is 0 Å². The van der Waals surface area contributed by atoms with Crippen molar-refractivity contribution in [1.82, 2.24) is 15.1 Å². The van der Waals surface area contributed by atoms with Crippen molar-refractivity contribution < 1.29 is 14.3 Å². The largest absolute Gasteiger partial charge is 0.375 e. The van der Waals surface area contributed by atoms with Crippen molar-refractivity contribution >= 4 is 11.8 Å². The van der Waals surface area contributed by atoms with Gasteiger partial charge < -0.3 is 19.9 Å². The highest BCUT2D eigenvalue weighted by Crippen LogP contribution is 2.11. The Morgan fingerprint density at radius 2 is 1.83 bits per heavy atom. The van der Waals surface area contributed by atoms with Crippen molar-refractivity contribution in [2.75, 3.05) is 46.4 Å². The van der Waals surface area contributed by atoms with Crippen LogP contribution in [0.15, 0.2) is 0 Å². The monoisotopic (exact) mass is 325 g/mol. The van der Waals surface area contributed by atoms with Crippen LogP contribution in [0.4, 0.5) is 0 Å². The molecule has 0 unspecified atom stereocenters. The zero-order chi connectivity index (χ0) is 16.5. The van der Waals surface area contributed by atoms with Crippen molar-refractivity contribution in [3.05, 3.63) is 0 Å². The van der Waals surface area contributed by atoms with Crippen molar-refractivity contribution in [1.29, 1.82) is 0 Å². The van der Waals surface area contributed by atoms with Gasteiger partial charge in [-0.2, -0.15) is 0 Å². The van der Waals surface area contributed by atoms with Crippen molar-refractivity contribution in [3.63, 3.8) is 0 Å². The number of carbonyl (C=O) groups is 2. The lowest BCUT2D eigenvalue weighted by atomic mass is 10.2. The summed E-state index contributed by atoms with van der Waals surface area (Å²) >= 11 is 0. The second kappa shape index (κ2) is 9.88. The Hall–Kier alpha value is -1.14. The van der Waals surface area contributed by atoms with Gasteiger partial charge in [0.2, 0.25) is 11.8 Å². The first-order valence-electron chi connectivity index (χ1n) is 9.00. The third-order valence-corrected chi connectivity index (χ3v) is 4.66. The third kappa shape index (κ3) is 6.87. The Morgan fingerprint density at radius 3 is 2.52 bits per heavy atom. The Kier molecular flexibility index (Phi) is 7.82. The molecule has 2 fully saturated rings. The molecule has 2 aliphatic rings. The molecule has 132 valence electrons. The van der Waals surface area contributed by atoms with Crippen LogP contribution >= 0.6 is 0 Å². The molecule has 2 saturated heterocycles. The van der Waals surface area contributed by atoms with Crippen LogP contribution in [0.5, 0.6) is 0 Å². The molecule has 2 amide bonds. The fraction of sp³-hybridized carbons (Fsp3) is 0.882. The minimum Gasteiger partial charge on any atom is -0.375 e. The first-order chi connectivity index (χ1) is 11.1. The van der Waals surface area contributed by atoms with Gasteiger partial charge in [0, 0.05) is 45.6 Å². The molecule has 0 bridgehead atoms. The molecule has 6 nitrogen and oxygen atoms in total. The molecule has 23 heavy (non-hydrogen) atoms. The molecule has 2 aliphatic heterocycles. The summed E-state index contributed by atoms with van der Waals surface area (Å²) in [7, 11) is 2.09. The van der Waals surface area contributed by atoms with E-state index >= 15 is 0 Å². The number of likely N-dealkylation sites (tertiary alicyclic amines) is 1. The number of likely N-dealkylation sites (N-methyl/N-ethyl adjacent to an activating group) is 1. The van der Waals surface area contributed by atoms with Gasteiger partial charge in [0.25, 0.3) is 0 Å². The lowest BCUT2D eigenvalue weighted by Gasteiger charge is -2.30. The Labute approximate surface area is 139 Å². The lowest BCUT2D eigenvalue weighted by Crippen LogP contribution is -2.41. The number of hydrogen-bond donors (Lipinski definition) is 1. The van der Waals surface area contributed by atoms with Gasteiger partial charge in [0.1, 0.15) is 0 Å². The maximum absolute atomic E-state index is 12.1. The molecule has 2 rings (SSSR count). The summed E-state index contributed by atoms with van der Waals surface area (Å²) in [5, 5.41) is 2.91. The molecule has 0 aliphatic carbocycles. The molecule has 1 atom stereocenters. The summed E-state index contributed by atoms with van der Waals surface area (Å²) in [4.78, 5) is 28.2. The van der Waals surface area contributed by atoms with E-state index in [4.69, 9.17) is 4.74 Å². The lowest BCUT2D eigenvalue weighted by molar-refractivity contribution is -0.133. The highest BCUT2D eigenvalue weighted by molar-refractivity contribution is 5.83. The zero-order valence-corrected chi connectivity index (χ0v) is 14.4. The van der Waals surface area contributed by atoms with E-state index in [2.05, 4.69) is 17.3 Å². The van der Waals surface area contributed by atoms with E-state index in [1.807, 2.05) is 4.90 Å².